The number of phenols is 1. The van der Waals surface area contributed by atoms with Crippen LogP contribution in [0.3, 0.4) is 0 Å². The lowest BCUT2D eigenvalue weighted by Gasteiger charge is -2.06. The van der Waals surface area contributed by atoms with Crippen molar-refractivity contribution in [3.05, 3.63) is 29.6 Å². The molecule has 98 valence electrons. The summed E-state index contributed by atoms with van der Waals surface area (Å²) in [6.07, 6.45) is 2.00. The van der Waals surface area contributed by atoms with E-state index in [2.05, 4.69) is 4.99 Å². The molecule has 0 aromatic heterocycles. The summed E-state index contributed by atoms with van der Waals surface area (Å²) in [5, 5.41) is 18.3. The molecule has 1 unspecified atom stereocenters. The Morgan fingerprint density at radius 2 is 2.28 bits per heavy atom. The Morgan fingerprint density at radius 1 is 1.56 bits per heavy atom. The van der Waals surface area contributed by atoms with E-state index >= 15 is 0 Å². The van der Waals surface area contributed by atoms with Crippen LogP contribution in [0.25, 0.3) is 0 Å². The number of halogens is 1. The number of nitrogens with zero attached hydrogens (tertiary/aromatic N) is 1. The third kappa shape index (κ3) is 4.14. The first-order valence-electron chi connectivity index (χ1n) is 5.49. The van der Waals surface area contributed by atoms with Gasteiger partial charge >= 0.3 is 5.97 Å². The zero-order chi connectivity index (χ0) is 13.5. The molecular weight excluding hydrogens is 239 g/mol. The van der Waals surface area contributed by atoms with Crippen molar-refractivity contribution >= 4 is 12.2 Å². The van der Waals surface area contributed by atoms with E-state index in [0.29, 0.717) is 19.4 Å². The standard InChI is InChI=1S/C12H15FN2O3/c13-9-3-4-11(16)8(6-9)7-15-10(12(17)18)2-1-5-14/h3-4,6-7,10,16H,1-2,5,14H2,(H,17,18). The molecule has 0 aliphatic rings. The Balaban J connectivity index is 2.81. The number of benzene rings is 1. The summed E-state index contributed by atoms with van der Waals surface area (Å²) in [7, 11) is 0. The van der Waals surface area contributed by atoms with Crippen molar-refractivity contribution in [1.29, 1.82) is 0 Å². The molecule has 0 aliphatic carbocycles. The number of aliphatic imine (C=N–C) groups is 1. The second-order valence-electron chi connectivity index (χ2n) is 3.77. The molecule has 6 heteroatoms. The minimum atomic E-state index is -1.07. The molecule has 0 amide bonds. The maximum Gasteiger partial charge on any atom is 0.328 e. The number of rotatable bonds is 6. The number of carboxylic acid groups (broad SMARTS) is 1. The fourth-order valence-electron chi connectivity index (χ4n) is 1.37. The van der Waals surface area contributed by atoms with E-state index < -0.39 is 17.8 Å². The number of aliphatic carboxylic acids is 1. The molecule has 0 radical (unpaired) electrons. The minimum absolute atomic E-state index is 0.147. The van der Waals surface area contributed by atoms with Crippen LogP contribution in [0.15, 0.2) is 23.2 Å². The molecule has 0 bridgehead atoms. The fourth-order valence-corrected chi connectivity index (χ4v) is 1.37. The summed E-state index contributed by atoms with van der Waals surface area (Å²) in [5.74, 6) is -1.75. The highest BCUT2D eigenvalue weighted by molar-refractivity contribution is 5.85. The molecule has 4 N–H and O–H groups in total. The lowest BCUT2D eigenvalue weighted by Crippen LogP contribution is -2.19. The van der Waals surface area contributed by atoms with Gasteiger partial charge in [0.2, 0.25) is 0 Å². The molecule has 1 aromatic carbocycles. The summed E-state index contributed by atoms with van der Waals surface area (Å²) in [5.41, 5.74) is 5.44. The smallest absolute Gasteiger partial charge is 0.328 e. The van der Waals surface area contributed by atoms with Crippen LogP contribution in [0.2, 0.25) is 0 Å². The van der Waals surface area contributed by atoms with Gasteiger partial charge in [-0.1, -0.05) is 0 Å². The maximum absolute atomic E-state index is 12.9. The Bertz CT molecular complexity index is 449. The normalized spacial score (nSPS) is 12.8. The lowest BCUT2D eigenvalue weighted by atomic mass is 10.1. The average molecular weight is 254 g/mol. The predicted octanol–water partition coefficient (Wildman–Crippen LogP) is 1.14. The quantitative estimate of drug-likeness (QED) is 0.663. The number of hydrogen-bond acceptors (Lipinski definition) is 4. The number of nitrogens with two attached hydrogens (primary N) is 1. The van der Waals surface area contributed by atoms with Gasteiger partial charge in [-0.15, -0.1) is 0 Å². The van der Waals surface area contributed by atoms with E-state index in [-0.39, 0.29) is 11.3 Å². The molecule has 1 aromatic rings. The van der Waals surface area contributed by atoms with Gasteiger partial charge in [-0.2, -0.15) is 0 Å². The van der Waals surface area contributed by atoms with Crippen LogP contribution < -0.4 is 5.73 Å². The Hall–Kier alpha value is -1.95. The maximum atomic E-state index is 12.9. The van der Waals surface area contributed by atoms with E-state index in [9.17, 15) is 14.3 Å². The van der Waals surface area contributed by atoms with Gasteiger partial charge in [-0.25, -0.2) is 9.18 Å². The summed E-state index contributed by atoms with van der Waals surface area (Å²) >= 11 is 0. The second kappa shape index (κ2) is 6.70. The summed E-state index contributed by atoms with van der Waals surface area (Å²) in [6.45, 7) is 0.379. The van der Waals surface area contributed by atoms with Crippen LogP contribution in [0.1, 0.15) is 18.4 Å². The van der Waals surface area contributed by atoms with Gasteiger partial charge in [0.25, 0.3) is 0 Å². The van der Waals surface area contributed by atoms with Crippen molar-refractivity contribution in [2.45, 2.75) is 18.9 Å². The average Bonchev–Trinajstić information content (AvgIpc) is 2.33. The van der Waals surface area contributed by atoms with Gasteiger partial charge < -0.3 is 15.9 Å². The van der Waals surface area contributed by atoms with Crippen molar-refractivity contribution in [2.75, 3.05) is 6.54 Å². The fraction of sp³-hybridized carbons (Fsp3) is 0.333. The number of phenolic OH excluding ortho intramolecular Hbond substituents is 1. The van der Waals surface area contributed by atoms with Crippen LogP contribution in [0.5, 0.6) is 5.75 Å². The first kappa shape index (κ1) is 14.1. The summed E-state index contributed by atoms with van der Waals surface area (Å²) < 4.78 is 12.9. The van der Waals surface area contributed by atoms with Crippen LogP contribution in [-0.4, -0.2) is 35.0 Å². The third-order valence-electron chi connectivity index (χ3n) is 2.35. The Morgan fingerprint density at radius 3 is 2.89 bits per heavy atom. The monoisotopic (exact) mass is 254 g/mol. The Kier molecular flexibility index (Phi) is 5.26. The minimum Gasteiger partial charge on any atom is -0.507 e. The topological polar surface area (TPSA) is 95.9 Å². The lowest BCUT2D eigenvalue weighted by molar-refractivity contribution is -0.138. The van der Waals surface area contributed by atoms with Gasteiger partial charge in [0.1, 0.15) is 17.6 Å². The van der Waals surface area contributed by atoms with Crippen LogP contribution >= 0.6 is 0 Å². The van der Waals surface area contributed by atoms with Crippen LogP contribution in [0.4, 0.5) is 4.39 Å². The molecular formula is C12H15FN2O3. The van der Waals surface area contributed by atoms with Crippen LogP contribution in [-0.2, 0) is 4.79 Å². The first-order chi connectivity index (χ1) is 8.54. The highest BCUT2D eigenvalue weighted by Gasteiger charge is 2.14. The molecule has 0 spiro atoms. The summed E-state index contributed by atoms with van der Waals surface area (Å²) in [4.78, 5) is 14.7. The van der Waals surface area contributed by atoms with Gasteiger partial charge in [-0.3, -0.25) is 4.99 Å². The molecule has 0 heterocycles. The number of carboxylic acids is 1. The van der Waals surface area contributed by atoms with Crippen molar-refractivity contribution in [2.24, 2.45) is 10.7 Å². The van der Waals surface area contributed by atoms with Crippen molar-refractivity contribution in [3.63, 3.8) is 0 Å². The molecule has 18 heavy (non-hydrogen) atoms. The van der Waals surface area contributed by atoms with E-state index in [0.717, 1.165) is 18.3 Å². The number of hydrogen-bond donors (Lipinski definition) is 3. The largest absolute Gasteiger partial charge is 0.507 e. The zero-order valence-electron chi connectivity index (χ0n) is 9.71. The zero-order valence-corrected chi connectivity index (χ0v) is 9.71. The number of carbonyl (C=O) groups is 1. The third-order valence-corrected chi connectivity index (χ3v) is 2.35. The van der Waals surface area contributed by atoms with E-state index in [1.54, 1.807) is 0 Å². The highest BCUT2D eigenvalue weighted by atomic mass is 19.1. The Labute approximate surface area is 104 Å². The molecule has 1 atom stereocenters. The van der Waals surface area contributed by atoms with Crippen molar-refractivity contribution in [3.8, 4) is 5.75 Å². The van der Waals surface area contributed by atoms with E-state index in [4.69, 9.17) is 10.8 Å². The second-order valence-corrected chi connectivity index (χ2v) is 3.77. The summed E-state index contributed by atoms with van der Waals surface area (Å²) in [6, 6.07) is 2.44. The predicted molar refractivity (Wildman–Crippen MR) is 65.4 cm³/mol. The molecule has 0 saturated carbocycles. The van der Waals surface area contributed by atoms with Gasteiger partial charge in [0.05, 0.1) is 0 Å². The van der Waals surface area contributed by atoms with Gasteiger partial charge in [0, 0.05) is 11.8 Å². The highest BCUT2D eigenvalue weighted by Crippen LogP contribution is 2.16. The first-order valence-corrected chi connectivity index (χ1v) is 5.49. The molecule has 1 rings (SSSR count). The van der Waals surface area contributed by atoms with E-state index in [1.807, 2.05) is 0 Å². The van der Waals surface area contributed by atoms with Gasteiger partial charge in [0.15, 0.2) is 0 Å². The van der Waals surface area contributed by atoms with E-state index in [1.165, 1.54) is 6.07 Å². The molecule has 0 fully saturated rings. The number of aromatic hydroxyl groups is 1. The SMILES string of the molecule is NCCCC(N=Cc1cc(F)ccc1O)C(=O)O. The van der Waals surface area contributed by atoms with Crippen molar-refractivity contribution in [1.82, 2.24) is 0 Å². The molecule has 5 nitrogen and oxygen atoms in total. The van der Waals surface area contributed by atoms with Crippen molar-refractivity contribution < 1.29 is 19.4 Å². The molecule has 0 aliphatic heterocycles. The van der Waals surface area contributed by atoms with Gasteiger partial charge in [-0.05, 0) is 37.6 Å². The molecule has 0 saturated heterocycles. The van der Waals surface area contributed by atoms with Crippen LogP contribution in [0, 0.1) is 5.82 Å².